The van der Waals surface area contributed by atoms with E-state index in [9.17, 15) is 0 Å². The lowest BCUT2D eigenvalue weighted by Gasteiger charge is -2.08. The van der Waals surface area contributed by atoms with Gasteiger partial charge in [-0.1, -0.05) is 0 Å². The van der Waals surface area contributed by atoms with Crippen molar-refractivity contribution in [3.8, 4) is 5.75 Å². The maximum absolute atomic E-state index is 5.49. The lowest BCUT2D eigenvalue weighted by atomic mass is 10.4. The summed E-state index contributed by atoms with van der Waals surface area (Å²) in [6, 6.07) is 3.77. The summed E-state index contributed by atoms with van der Waals surface area (Å²) in [6.07, 6.45) is 4.81. The fourth-order valence-corrected chi connectivity index (χ4v) is 1.31. The first kappa shape index (κ1) is 13.9. The van der Waals surface area contributed by atoms with Gasteiger partial charge in [0.15, 0.2) is 0 Å². The Bertz CT molecular complexity index is 278. The average molecular weight is 238 g/mol. The monoisotopic (exact) mass is 238 g/mol. The maximum Gasteiger partial charge on any atom is 0.137 e. The first-order chi connectivity index (χ1) is 8.29. The normalized spacial score (nSPS) is 10.8. The third-order valence-electron chi connectivity index (χ3n) is 2.13. The second-order valence-corrected chi connectivity index (χ2v) is 4.06. The molecule has 0 bridgehead atoms. The highest BCUT2D eigenvalue weighted by atomic mass is 16.5. The van der Waals surface area contributed by atoms with E-state index in [0.717, 1.165) is 31.9 Å². The van der Waals surface area contributed by atoms with Crippen molar-refractivity contribution >= 4 is 0 Å². The molecule has 1 N–H and O–H groups in total. The van der Waals surface area contributed by atoms with E-state index in [2.05, 4.69) is 24.1 Å². The first-order valence-corrected chi connectivity index (χ1v) is 6.14. The van der Waals surface area contributed by atoms with Crippen LogP contribution in [0.5, 0.6) is 5.75 Å². The number of ether oxygens (including phenoxy) is 2. The molecule has 4 nitrogen and oxygen atoms in total. The van der Waals surface area contributed by atoms with Gasteiger partial charge in [0, 0.05) is 19.3 Å². The second kappa shape index (κ2) is 8.96. The molecule has 1 aromatic heterocycles. The van der Waals surface area contributed by atoms with Gasteiger partial charge in [0.1, 0.15) is 12.4 Å². The van der Waals surface area contributed by atoms with E-state index in [1.54, 1.807) is 12.4 Å². The number of pyridine rings is 1. The van der Waals surface area contributed by atoms with E-state index in [1.165, 1.54) is 0 Å². The minimum Gasteiger partial charge on any atom is -0.491 e. The second-order valence-electron chi connectivity index (χ2n) is 4.06. The molecule has 0 saturated heterocycles. The minimum atomic E-state index is 0.323. The summed E-state index contributed by atoms with van der Waals surface area (Å²) in [7, 11) is 0. The van der Waals surface area contributed by atoms with Gasteiger partial charge in [0.2, 0.25) is 0 Å². The van der Waals surface area contributed by atoms with E-state index < -0.39 is 0 Å². The summed E-state index contributed by atoms with van der Waals surface area (Å²) in [5.74, 6) is 0.817. The molecule has 0 radical (unpaired) electrons. The predicted octanol–water partition coefficient (Wildman–Crippen LogP) is 1.87. The standard InChI is InChI=1S/C13H22N2O2/c1-12(2)16-9-4-7-14-8-10-17-13-5-3-6-15-11-13/h3,5-6,11-12,14H,4,7-10H2,1-2H3. The molecule has 0 unspecified atom stereocenters. The van der Waals surface area contributed by atoms with Crippen LogP contribution in [0.2, 0.25) is 0 Å². The van der Waals surface area contributed by atoms with Crippen LogP contribution in [0, 0.1) is 0 Å². The zero-order valence-corrected chi connectivity index (χ0v) is 10.7. The van der Waals surface area contributed by atoms with Crippen LogP contribution in [-0.4, -0.2) is 37.4 Å². The molecule has 4 heteroatoms. The van der Waals surface area contributed by atoms with Gasteiger partial charge in [0.05, 0.1) is 12.3 Å². The topological polar surface area (TPSA) is 43.4 Å². The van der Waals surface area contributed by atoms with Crippen LogP contribution < -0.4 is 10.1 Å². The Kier molecular flexibility index (Phi) is 7.34. The number of rotatable bonds is 9. The fourth-order valence-electron chi connectivity index (χ4n) is 1.31. The van der Waals surface area contributed by atoms with Gasteiger partial charge < -0.3 is 14.8 Å². The molecule has 0 aliphatic rings. The zero-order valence-electron chi connectivity index (χ0n) is 10.7. The van der Waals surface area contributed by atoms with Crippen LogP contribution in [0.25, 0.3) is 0 Å². The first-order valence-electron chi connectivity index (χ1n) is 6.14. The van der Waals surface area contributed by atoms with Gasteiger partial charge in [-0.05, 0) is 38.9 Å². The van der Waals surface area contributed by atoms with Crippen molar-refractivity contribution in [2.24, 2.45) is 0 Å². The Morgan fingerprint density at radius 3 is 2.88 bits per heavy atom. The van der Waals surface area contributed by atoms with Crippen molar-refractivity contribution in [1.82, 2.24) is 10.3 Å². The van der Waals surface area contributed by atoms with Crippen molar-refractivity contribution in [3.63, 3.8) is 0 Å². The summed E-state index contributed by atoms with van der Waals surface area (Å²) in [4.78, 5) is 3.98. The number of hydrogen-bond donors (Lipinski definition) is 1. The lowest BCUT2D eigenvalue weighted by Crippen LogP contribution is -2.23. The largest absolute Gasteiger partial charge is 0.491 e. The molecule has 0 spiro atoms. The molecular weight excluding hydrogens is 216 g/mol. The molecule has 0 fully saturated rings. The fraction of sp³-hybridized carbons (Fsp3) is 0.615. The Labute approximate surface area is 103 Å². The molecular formula is C13H22N2O2. The molecule has 17 heavy (non-hydrogen) atoms. The number of aromatic nitrogens is 1. The molecule has 1 heterocycles. The van der Waals surface area contributed by atoms with Crippen LogP contribution in [-0.2, 0) is 4.74 Å². The van der Waals surface area contributed by atoms with Crippen molar-refractivity contribution in [2.45, 2.75) is 26.4 Å². The van der Waals surface area contributed by atoms with Gasteiger partial charge in [-0.25, -0.2) is 0 Å². The highest BCUT2D eigenvalue weighted by molar-refractivity contribution is 5.15. The van der Waals surface area contributed by atoms with Crippen LogP contribution in [0.3, 0.4) is 0 Å². The molecule has 96 valence electrons. The summed E-state index contributed by atoms with van der Waals surface area (Å²) in [6.45, 7) is 7.38. The van der Waals surface area contributed by atoms with Crippen LogP contribution in [0.15, 0.2) is 24.5 Å². The van der Waals surface area contributed by atoms with Gasteiger partial charge in [-0.3, -0.25) is 4.98 Å². The van der Waals surface area contributed by atoms with Gasteiger partial charge in [-0.15, -0.1) is 0 Å². The summed E-state index contributed by atoms with van der Waals surface area (Å²) < 4.78 is 10.9. The minimum absolute atomic E-state index is 0.323. The molecule has 0 aromatic carbocycles. The third kappa shape index (κ3) is 7.71. The smallest absolute Gasteiger partial charge is 0.137 e. The SMILES string of the molecule is CC(C)OCCCNCCOc1cccnc1. The maximum atomic E-state index is 5.49. The Balaban J connectivity index is 1.88. The molecule has 0 saturated carbocycles. The molecule has 0 amide bonds. The van der Waals surface area contributed by atoms with Crippen molar-refractivity contribution in [2.75, 3.05) is 26.3 Å². The number of hydrogen-bond acceptors (Lipinski definition) is 4. The highest BCUT2D eigenvalue weighted by Crippen LogP contribution is 2.04. The average Bonchev–Trinajstić information content (AvgIpc) is 2.33. The molecule has 0 aliphatic carbocycles. The van der Waals surface area contributed by atoms with Crippen molar-refractivity contribution in [1.29, 1.82) is 0 Å². The number of nitrogens with one attached hydrogen (secondary N) is 1. The van der Waals surface area contributed by atoms with Gasteiger partial charge in [0.25, 0.3) is 0 Å². The van der Waals surface area contributed by atoms with Crippen LogP contribution in [0.4, 0.5) is 0 Å². The van der Waals surface area contributed by atoms with E-state index in [0.29, 0.717) is 12.7 Å². The predicted molar refractivity (Wildman–Crippen MR) is 68.3 cm³/mol. The summed E-state index contributed by atoms with van der Waals surface area (Å²) in [5.41, 5.74) is 0. The third-order valence-corrected chi connectivity index (χ3v) is 2.13. The Morgan fingerprint density at radius 2 is 2.18 bits per heavy atom. The molecule has 1 aromatic rings. The Hall–Kier alpha value is -1.13. The number of nitrogens with zero attached hydrogens (tertiary/aromatic N) is 1. The van der Waals surface area contributed by atoms with E-state index in [4.69, 9.17) is 9.47 Å². The summed E-state index contributed by atoms with van der Waals surface area (Å²) >= 11 is 0. The van der Waals surface area contributed by atoms with Crippen molar-refractivity contribution < 1.29 is 9.47 Å². The van der Waals surface area contributed by atoms with Crippen LogP contribution >= 0.6 is 0 Å². The molecule has 1 rings (SSSR count). The van der Waals surface area contributed by atoms with Crippen molar-refractivity contribution in [3.05, 3.63) is 24.5 Å². The quantitative estimate of drug-likeness (QED) is 0.667. The molecule has 0 aliphatic heterocycles. The highest BCUT2D eigenvalue weighted by Gasteiger charge is 1.94. The zero-order chi connectivity index (χ0) is 12.3. The van der Waals surface area contributed by atoms with Crippen LogP contribution in [0.1, 0.15) is 20.3 Å². The lowest BCUT2D eigenvalue weighted by molar-refractivity contribution is 0.0770. The van der Waals surface area contributed by atoms with E-state index in [-0.39, 0.29) is 0 Å². The van der Waals surface area contributed by atoms with Gasteiger partial charge >= 0.3 is 0 Å². The van der Waals surface area contributed by atoms with E-state index >= 15 is 0 Å². The van der Waals surface area contributed by atoms with Gasteiger partial charge in [-0.2, -0.15) is 0 Å². The molecule has 0 atom stereocenters. The van der Waals surface area contributed by atoms with E-state index in [1.807, 2.05) is 12.1 Å². The summed E-state index contributed by atoms with van der Waals surface area (Å²) in [5, 5.41) is 3.30. The Morgan fingerprint density at radius 1 is 1.29 bits per heavy atom.